The predicted molar refractivity (Wildman–Crippen MR) is 75.0 cm³/mol. The lowest BCUT2D eigenvalue weighted by Crippen LogP contribution is -2.47. The smallest absolute Gasteiger partial charge is 0.312 e. The molecule has 2 fully saturated rings. The second-order valence-electron chi connectivity index (χ2n) is 6.81. The van der Waals surface area contributed by atoms with Gasteiger partial charge in [-0.1, -0.05) is 0 Å². The SMILES string of the molecule is CCOC(=O)C(C)(C)C1CCC2CC(O)CCC2C1=O. The number of fused-ring (bicyclic) bond motifs is 1. The Labute approximate surface area is 120 Å². The third-order valence-electron chi connectivity index (χ3n) is 5.16. The average molecular weight is 282 g/mol. The third-order valence-corrected chi connectivity index (χ3v) is 5.16. The zero-order chi connectivity index (χ0) is 14.9. The van der Waals surface area contributed by atoms with Crippen LogP contribution in [0, 0.1) is 23.2 Å². The van der Waals surface area contributed by atoms with Crippen LogP contribution in [0.15, 0.2) is 0 Å². The van der Waals surface area contributed by atoms with Crippen molar-refractivity contribution in [1.82, 2.24) is 0 Å². The van der Waals surface area contributed by atoms with E-state index in [1.807, 2.05) is 13.8 Å². The molecule has 0 saturated heterocycles. The second-order valence-corrected chi connectivity index (χ2v) is 6.81. The zero-order valence-corrected chi connectivity index (χ0v) is 12.7. The Morgan fingerprint density at radius 2 is 2.00 bits per heavy atom. The summed E-state index contributed by atoms with van der Waals surface area (Å²) in [7, 11) is 0. The summed E-state index contributed by atoms with van der Waals surface area (Å²) in [4.78, 5) is 24.8. The number of aliphatic hydroxyl groups is 1. The number of ketones is 1. The molecule has 20 heavy (non-hydrogen) atoms. The Bertz CT molecular complexity index is 388. The molecule has 2 saturated carbocycles. The number of ether oxygens (including phenoxy) is 1. The summed E-state index contributed by atoms with van der Waals surface area (Å²) in [5.74, 6) is 0.0447. The molecule has 0 spiro atoms. The first-order valence-corrected chi connectivity index (χ1v) is 7.77. The number of carbonyl (C=O) groups excluding carboxylic acids is 2. The van der Waals surface area contributed by atoms with Crippen LogP contribution in [0.25, 0.3) is 0 Å². The van der Waals surface area contributed by atoms with Crippen molar-refractivity contribution in [3.8, 4) is 0 Å². The first-order chi connectivity index (χ1) is 9.37. The van der Waals surface area contributed by atoms with Crippen molar-refractivity contribution in [3.05, 3.63) is 0 Å². The van der Waals surface area contributed by atoms with Gasteiger partial charge in [0.1, 0.15) is 5.78 Å². The molecule has 4 nitrogen and oxygen atoms in total. The first-order valence-electron chi connectivity index (χ1n) is 7.77. The van der Waals surface area contributed by atoms with Crippen molar-refractivity contribution < 1.29 is 19.4 Å². The maximum absolute atomic E-state index is 12.7. The summed E-state index contributed by atoms with van der Waals surface area (Å²) in [6.45, 7) is 5.79. The minimum absolute atomic E-state index is 0.0332. The quantitative estimate of drug-likeness (QED) is 0.807. The Balaban J connectivity index is 2.11. The molecule has 0 aromatic carbocycles. The Hall–Kier alpha value is -0.900. The number of hydrogen-bond donors (Lipinski definition) is 1. The van der Waals surface area contributed by atoms with Gasteiger partial charge in [-0.25, -0.2) is 0 Å². The monoisotopic (exact) mass is 282 g/mol. The molecule has 2 aliphatic rings. The molecule has 0 aromatic rings. The van der Waals surface area contributed by atoms with E-state index < -0.39 is 5.41 Å². The molecular formula is C16H26O4. The van der Waals surface area contributed by atoms with Crippen molar-refractivity contribution in [3.63, 3.8) is 0 Å². The highest BCUT2D eigenvalue weighted by atomic mass is 16.5. The van der Waals surface area contributed by atoms with Crippen LogP contribution in [0.4, 0.5) is 0 Å². The van der Waals surface area contributed by atoms with E-state index in [1.54, 1.807) is 6.92 Å². The molecule has 2 rings (SSSR count). The lowest BCUT2D eigenvalue weighted by atomic mass is 9.60. The van der Waals surface area contributed by atoms with Crippen molar-refractivity contribution in [2.75, 3.05) is 6.61 Å². The van der Waals surface area contributed by atoms with E-state index in [4.69, 9.17) is 4.74 Å². The average Bonchev–Trinajstić information content (AvgIpc) is 2.38. The van der Waals surface area contributed by atoms with Gasteiger partial charge in [0, 0.05) is 11.8 Å². The predicted octanol–water partition coefficient (Wildman–Crippen LogP) is 2.33. The largest absolute Gasteiger partial charge is 0.466 e. The Kier molecular flexibility index (Phi) is 4.52. The highest BCUT2D eigenvalue weighted by Gasteiger charge is 2.49. The fourth-order valence-electron chi connectivity index (χ4n) is 3.89. The summed E-state index contributed by atoms with van der Waals surface area (Å²) in [5.41, 5.74) is -0.742. The molecule has 0 aliphatic heterocycles. The number of aliphatic hydroxyl groups excluding tert-OH is 1. The Morgan fingerprint density at radius 1 is 1.30 bits per heavy atom. The van der Waals surface area contributed by atoms with Crippen molar-refractivity contribution in [2.24, 2.45) is 23.2 Å². The standard InChI is InChI=1S/C16H26O4/c1-4-20-15(19)16(2,3)13-8-5-10-9-11(17)6-7-12(10)14(13)18/h10-13,17H,4-9H2,1-3H3. The summed E-state index contributed by atoms with van der Waals surface area (Å²) < 4.78 is 5.13. The minimum atomic E-state index is -0.742. The minimum Gasteiger partial charge on any atom is -0.466 e. The van der Waals surface area contributed by atoms with Crippen LogP contribution < -0.4 is 0 Å². The molecule has 1 N–H and O–H groups in total. The maximum Gasteiger partial charge on any atom is 0.312 e. The van der Waals surface area contributed by atoms with Crippen molar-refractivity contribution in [1.29, 1.82) is 0 Å². The lowest BCUT2D eigenvalue weighted by Gasteiger charge is -2.43. The summed E-state index contributed by atoms with van der Waals surface area (Å²) in [6, 6.07) is 0. The zero-order valence-electron chi connectivity index (χ0n) is 12.7. The van der Waals surface area contributed by atoms with Gasteiger partial charge in [-0.2, -0.15) is 0 Å². The second kappa shape index (κ2) is 5.84. The van der Waals surface area contributed by atoms with Crippen LogP contribution in [0.5, 0.6) is 0 Å². The van der Waals surface area contributed by atoms with E-state index in [0.29, 0.717) is 18.9 Å². The summed E-state index contributed by atoms with van der Waals surface area (Å²) >= 11 is 0. The van der Waals surface area contributed by atoms with E-state index in [0.717, 1.165) is 25.7 Å². The molecule has 0 aromatic heterocycles. The van der Waals surface area contributed by atoms with Crippen LogP contribution >= 0.6 is 0 Å². The lowest BCUT2D eigenvalue weighted by molar-refractivity contribution is -0.163. The molecule has 0 amide bonds. The molecule has 4 heteroatoms. The normalized spacial score (nSPS) is 34.5. The van der Waals surface area contributed by atoms with Gasteiger partial charge in [-0.3, -0.25) is 9.59 Å². The maximum atomic E-state index is 12.7. The highest BCUT2D eigenvalue weighted by molar-refractivity contribution is 5.91. The van der Waals surface area contributed by atoms with Gasteiger partial charge in [-0.15, -0.1) is 0 Å². The van der Waals surface area contributed by atoms with Gasteiger partial charge in [0.15, 0.2) is 0 Å². The van der Waals surface area contributed by atoms with Gasteiger partial charge in [0.25, 0.3) is 0 Å². The van der Waals surface area contributed by atoms with E-state index >= 15 is 0 Å². The highest BCUT2D eigenvalue weighted by Crippen LogP contribution is 2.46. The van der Waals surface area contributed by atoms with E-state index in [2.05, 4.69) is 0 Å². The number of esters is 1. The van der Waals surface area contributed by atoms with Crippen LogP contribution in [-0.2, 0) is 14.3 Å². The third kappa shape index (κ3) is 2.76. The number of Topliss-reactive ketones (excluding diaryl/α,β-unsaturated/α-hetero) is 1. The first kappa shape index (κ1) is 15.5. The molecule has 2 aliphatic carbocycles. The number of rotatable bonds is 3. The molecule has 114 valence electrons. The molecule has 0 radical (unpaired) electrons. The van der Waals surface area contributed by atoms with Crippen LogP contribution in [0.3, 0.4) is 0 Å². The summed E-state index contributed by atoms with van der Waals surface area (Å²) in [6.07, 6.45) is 3.63. The van der Waals surface area contributed by atoms with Crippen LogP contribution in [0.1, 0.15) is 52.9 Å². The van der Waals surface area contributed by atoms with Crippen molar-refractivity contribution >= 4 is 11.8 Å². The molecule has 0 heterocycles. The van der Waals surface area contributed by atoms with Gasteiger partial charge in [0.05, 0.1) is 18.1 Å². The topological polar surface area (TPSA) is 63.6 Å². The molecule has 4 atom stereocenters. The molecule has 0 bridgehead atoms. The van der Waals surface area contributed by atoms with Gasteiger partial charge in [0.2, 0.25) is 0 Å². The molecule has 4 unspecified atom stereocenters. The fourth-order valence-corrected chi connectivity index (χ4v) is 3.89. The van der Waals surface area contributed by atoms with E-state index in [1.165, 1.54) is 0 Å². The van der Waals surface area contributed by atoms with E-state index in [9.17, 15) is 14.7 Å². The van der Waals surface area contributed by atoms with Crippen LogP contribution in [-0.4, -0.2) is 29.6 Å². The van der Waals surface area contributed by atoms with Gasteiger partial charge >= 0.3 is 5.97 Å². The van der Waals surface area contributed by atoms with E-state index in [-0.39, 0.29) is 29.7 Å². The van der Waals surface area contributed by atoms with Gasteiger partial charge < -0.3 is 9.84 Å². The van der Waals surface area contributed by atoms with Gasteiger partial charge in [-0.05, 0) is 58.8 Å². The number of hydrogen-bond acceptors (Lipinski definition) is 4. The number of carbonyl (C=O) groups is 2. The fraction of sp³-hybridized carbons (Fsp3) is 0.875. The van der Waals surface area contributed by atoms with Crippen LogP contribution in [0.2, 0.25) is 0 Å². The van der Waals surface area contributed by atoms with Crippen molar-refractivity contribution in [2.45, 2.75) is 59.0 Å². The summed E-state index contributed by atoms with van der Waals surface area (Å²) in [5, 5.41) is 9.73. The molecular weight excluding hydrogens is 256 g/mol. The Morgan fingerprint density at radius 3 is 2.65 bits per heavy atom.